The number of aliphatic hydroxyl groups excluding tert-OH is 1. The summed E-state index contributed by atoms with van der Waals surface area (Å²) < 4.78 is 24.8. The van der Waals surface area contributed by atoms with Gasteiger partial charge in [-0.05, 0) is 18.2 Å². The van der Waals surface area contributed by atoms with Gasteiger partial charge < -0.3 is 28.6 Å². The highest BCUT2D eigenvalue weighted by Crippen LogP contribution is 2.38. The van der Waals surface area contributed by atoms with Crippen molar-refractivity contribution in [2.75, 3.05) is 26.4 Å². The van der Waals surface area contributed by atoms with Crippen molar-refractivity contribution in [3.8, 4) is 22.9 Å². The van der Waals surface area contributed by atoms with E-state index in [0.29, 0.717) is 26.4 Å². The summed E-state index contributed by atoms with van der Waals surface area (Å²) in [4.78, 5) is 4.51. The minimum absolute atomic E-state index is 0.00199. The number of hydrogen-bond acceptors (Lipinski definition) is 6. The van der Waals surface area contributed by atoms with Gasteiger partial charge in [0.2, 0.25) is 0 Å². The topological polar surface area (TPSA) is 75.0 Å². The van der Waals surface area contributed by atoms with Gasteiger partial charge in [0, 0.05) is 18.0 Å². The lowest BCUT2D eigenvalue weighted by molar-refractivity contribution is 0.0172. The van der Waals surface area contributed by atoms with Crippen molar-refractivity contribution in [1.29, 1.82) is 0 Å². The lowest BCUT2D eigenvalue weighted by atomic mass is 10.1. The summed E-state index contributed by atoms with van der Waals surface area (Å²) >= 11 is 0. The van der Waals surface area contributed by atoms with Crippen LogP contribution in [0.5, 0.6) is 11.5 Å². The first-order chi connectivity index (χ1) is 11.8. The van der Waals surface area contributed by atoms with Gasteiger partial charge in [0.1, 0.15) is 37.4 Å². The Hall–Kier alpha value is -2.09. The third kappa shape index (κ3) is 2.12. The number of ether oxygens (including phenoxy) is 4. The Balaban J connectivity index is 1.50. The van der Waals surface area contributed by atoms with Gasteiger partial charge >= 0.3 is 0 Å². The molecule has 0 radical (unpaired) electrons. The number of nitrogens with zero attached hydrogens (tertiary/aromatic N) is 2. The zero-order chi connectivity index (χ0) is 16.1. The molecule has 2 aromatic rings. The first-order valence-electron chi connectivity index (χ1n) is 8.15. The molecule has 1 N–H and O–H groups in total. The van der Waals surface area contributed by atoms with Crippen LogP contribution in [0.1, 0.15) is 6.04 Å². The molecule has 0 bridgehead atoms. The van der Waals surface area contributed by atoms with Gasteiger partial charge in [-0.25, -0.2) is 4.98 Å². The average molecular weight is 330 g/mol. The number of aliphatic hydroxyl groups is 1. The van der Waals surface area contributed by atoms with Crippen molar-refractivity contribution >= 4 is 0 Å². The summed E-state index contributed by atoms with van der Waals surface area (Å²) in [5.74, 6) is 2.32. The minimum atomic E-state index is -0.554. The third-order valence-corrected chi connectivity index (χ3v) is 4.83. The summed E-state index contributed by atoms with van der Waals surface area (Å²) in [6, 6.07) is 5.83. The van der Waals surface area contributed by atoms with Crippen LogP contribution in [0.2, 0.25) is 0 Å². The maximum Gasteiger partial charge on any atom is 0.162 e. The fourth-order valence-corrected chi connectivity index (χ4v) is 3.68. The molecule has 0 aliphatic carbocycles. The molecule has 0 amide bonds. The summed E-state index contributed by atoms with van der Waals surface area (Å²) in [6.45, 7) is 1.94. The molecule has 7 nitrogen and oxygen atoms in total. The van der Waals surface area contributed by atoms with E-state index in [-0.39, 0.29) is 18.2 Å². The van der Waals surface area contributed by atoms with Crippen LogP contribution < -0.4 is 9.47 Å². The molecule has 0 saturated carbocycles. The Morgan fingerprint density at radius 2 is 1.88 bits per heavy atom. The van der Waals surface area contributed by atoms with E-state index in [1.54, 1.807) is 6.20 Å². The van der Waals surface area contributed by atoms with E-state index >= 15 is 0 Å². The predicted octanol–water partition coefficient (Wildman–Crippen LogP) is 1.02. The zero-order valence-corrected chi connectivity index (χ0v) is 13.0. The normalized spacial score (nSPS) is 31.2. The molecule has 4 atom stereocenters. The Labute approximate surface area is 138 Å². The van der Waals surface area contributed by atoms with Gasteiger partial charge in [-0.2, -0.15) is 0 Å². The Morgan fingerprint density at radius 3 is 2.79 bits per heavy atom. The van der Waals surface area contributed by atoms with Crippen molar-refractivity contribution in [2.24, 2.45) is 0 Å². The number of fused-ring (bicyclic) bond motifs is 2. The highest BCUT2D eigenvalue weighted by atomic mass is 16.6. The van der Waals surface area contributed by atoms with Crippen LogP contribution >= 0.6 is 0 Å². The molecular formula is C17H18N2O5. The number of benzene rings is 1. The number of rotatable bonds is 2. The van der Waals surface area contributed by atoms with Crippen LogP contribution in [0.4, 0.5) is 0 Å². The van der Waals surface area contributed by atoms with E-state index in [4.69, 9.17) is 18.9 Å². The summed E-state index contributed by atoms with van der Waals surface area (Å²) in [5.41, 5.74) is 0.950. The molecule has 1 aromatic heterocycles. The first-order valence-corrected chi connectivity index (χ1v) is 8.15. The molecule has 2 fully saturated rings. The standard InChI is InChI=1S/C17H18N2O5/c20-12-9-24-15-11(8-23-16(12)15)19-4-3-18-17(19)10-1-2-13-14(7-10)22-6-5-21-13/h1-4,7,11-12,15-16,20H,5-6,8-9H2/t11-,12+,15+,16+/m0/s1. The van der Waals surface area contributed by atoms with E-state index < -0.39 is 6.10 Å². The lowest BCUT2D eigenvalue weighted by Crippen LogP contribution is -2.30. The van der Waals surface area contributed by atoms with Crippen LogP contribution in [0.25, 0.3) is 11.4 Å². The molecule has 3 aliphatic rings. The molecule has 24 heavy (non-hydrogen) atoms. The highest BCUT2D eigenvalue weighted by Gasteiger charge is 2.48. The monoisotopic (exact) mass is 330 g/mol. The molecule has 5 rings (SSSR count). The molecule has 7 heteroatoms. The van der Waals surface area contributed by atoms with Crippen molar-refractivity contribution in [3.05, 3.63) is 30.6 Å². The van der Waals surface area contributed by atoms with Crippen molar-refractivity contribution < 1.29 is 24.1 Å². The van der Waals surface area contributed by atoms with Gasteiger partial charge in [0.15, 0.2) is 11.5 Å². The van der Waals surface area contributed by atoms with Crippen LogP contribution in [0.15, 0.2) is 30.6 Å². The van der Waals surface area contributed by atoms with Gasteiger partial charge in [-0.1, -0.05) is 0 Å². The molecule has 3 aliphatic heterocycles. The second-order valence-electron chi connectivity index (χ2n) is 6.25. The largest absolute Gasteiger partial charge is 0.486 e. The van der Waals surface area contributed by atoms with Crippen molar-refractivity contribution in [2.45, 2.75) is 24.4 Å². The van der Waals surface area contributed by atoms with E-state index in [1.165, 1.54) is 0 Å². The quantitative estimate of drug-likeness (QED) is 0.886. The molecule has 2 saturated heterocycles. The summed E-state index contributed by atoms with van der Waals surface area (Å²) in [7, 11) is 0. The minimum Gasteiger partial charge on any atom is -0.486 e. The van der Waals surface area contributed by atoms with Crippen molar-refractivity contribution in [3.63, 3.8) is 0 Å². The van der Waals surface area contributed by atoms with Gasteiger partial charge in [-0.3, -0.25) is 0 Å². The van der Waals surface area contributed by atoms with Crippen LogP contribution in [-0.4, -0.2) is 59.4 Å². The third-order valence-electron chi connectivity index (χ3n) is 4.83. The van der Waals surface area contributed by atoms with Gasteiger partial charge in [0.25, 0.3) is 0 Å². The Bertz CT molecular complexity index is 761. The van der Waals surface area contributed by atoms with E-state index in [1.807, 2.05) is 24.4 Å². The van der Waals surface area contributed by atoms with E-state index in [9.17, 15) is 5.11 Å². The van der Waals surface area contributed by atoms with Crippen LogP contribution in [-0.2, 0) is 9.47 Å². The molecule has 0 spiro atoms. The number of hydrogen-bond donors (Lipinski definition) is 1. The SMILES string of the molecule is O[C@@H]1CO[C@H]2[C@@H]1OC[C@@H]2n1ccnc1-c1ccc2c(c1)OCCO2. The van der Waals surface area contributed by atoms with Gasteiger partial charge in [-0.15, -0.1) is 0 Å². The van der Waals surface area contributed by atoms with Gasteiger partial charge in [0.05, 0.1) is 19.3 Å². The average Bonchev–Trinajstić information content (AvgIpc) is 3.32. The summed E-state index contributed by atoms with van der Waals surface area (Å²) in [6.07, 6.45) is 2.73. The second kappa shape index (κ2) is 5.47. The highest BCUT2D eigenvalue weighted by molar-refractivity contribution is 5.62. The maximum atomic E-state index is 9.93. The fourth-order valence-electron chi connectivity index (χ4n) is 3.68. The Morgan fingerprint density at radius 1 is 1.04 bits per heavy atom. The van der Waals surface area contributed by atoms with Crippen molar-refractivity contribution in [1.82, 2.24) is 9.55 Å². The van der Waals surface area contributed by atoms with Crippen LogP contribution in [0.3, 0.4) is 0 Å². The van der Waals surface area contributed by atoms with E-state index in [2.05, 4.69) is 9.55 Å². The van der Waals surface area contributed by atoms with E-state index in [0.717, 1.165) is 22.9 Å². The fraction of sp³-hybridized carbons (Fsp3) is 0.471. The first kappa shape index (κ1) is 14.3. The number of aromatic nitrogens is 2. The molecule has 4 heterocycles. The summed E-state index contributed by atoms with van der Waals surface area (Å²) in [5, 5.41) is 9.93. The maximum absolute atomic E-state index is 9.93. The molecule has 1 aromatic carbocycles. The molecular weight excluding hydrogens is 312 g/mol. The lowest BCUT2D eigenvalue weighted by Gasteiger charge is -2.21. The Kier molecular flexibility index (Phi) is 3.26. The predicted molar refractivity (Wildman–Crippen MR) is 83.2 cm³/mol. The number of imidazole rings is 1. The smallest absolute Gasteiger partial charge is 0.162 e. The second-order valence-corrected chi connectivity index (χ2v) is 6.25. The molecule has 126 valence electrons. The zero-order valence-electron chi connectivity index (χ0n) is 13.0. The molecule has 0 unspecified atom stereocenters. The van der Waals surface area contributed by atoms with Crippen LogP contribution in [0, 0.1) is 0 Å².